The van der Waals surface area contributed by atoms with E-state index in [-0.39, 0.29) is 22.2 Å². The van der Waals surface area contributed by atoms with Gasteiger partial charge in [0.05, 0.1) is 11.1 Å². The van der Waals surface area contributed by atoms with Crippen LogP contribution in [0.5, 0.6) is 0 Å². The summed E-state index contributed by atoms with van der Waals surface area (Å²) in [5, 5.41) is 14.9. The number of rotatable bonds is 8. The topological polar surface area (TPSA) is 95.9 Å². The highest BCUT2D eigenvalue weighted by Crippen LogP contribution is 2.71. The van der Waals surface area contributed by atoms with Crippen LogP contribution in [0.15, 0.2) is 59.3 Å². The Morgan fingerprint density at radius 2 is 1.78 bits per heavy atom. The van der Waals surface area contributed by atoms with Crippen LogP contribution in [0.1, 0.15) is 100 Å². The molecular weight excluding hydrogens is 565 g/mol. The Balaban J connectivity index is 1.03. The van der Waals surface area contributed by atoms with Gasteiger partial charge in [-0.1, -0.05) is 29.4 Å². The molecule has 7 aliphatic carbocycles. The van der Waals surface area contributed by atoms with Crippen molar-refractivity contribution in [2.75, 3.05) is 11.4 Å². The largest absolute Gasteiger partial charge is 0.339 e. The van der Waals surface area contributed by atoms with Gasteiger partial charge < -0.3 is 9.42 Å². The zero-order chi connectivity index (χ0) is 30.4. The van der Waals surface area contributed by atoms with E-state index in [1.54, 1.807) is 6.20 Å². The molecule has 2 aromatic carbocycles. The van der Waals surface area contributed by atoms with Crippen LogP contribution in [0.2, 0.25) is 0 Å². The Morgan fingerprint density at radius 1 is 1.00 bits per heavy atom. The van der Waals surface area contributed by atoms with Crippen molar-refractivity contribution < 1.29 is 13.7 Å². The van der Waals surface area contributed by atoms with E-state index in [2.05, 4.69) is 28.3 Å². The van der Waals surface area contributed by atoms with Gasteiger partial charge in [0, 0.05) is 41.6 Å². The van der Waals surface area contributed by atoms with Crippen molar-refractivity contribution >= 4 is 22.5 Å². The second-order valence-electron chi connectivity index (χ2n) is 15.1. The van der Waals surface area contributed by atoms with E-state index in [4.69, 9.17) is 9.51 Å². The molecule has 0 saturated heterocycles. The standard InChI is InChI=1S/C37H36FN5O2/c38-37-20-35(21-37,22-37)18-30(44)43(23-34-10-13-36(14-11-34,15-12-34)33-41-32(42-45-33)24-6-7-24)27-4-1-3-25(17-27)28-9-8-26(19-39)31-29(28)5-2-16-40-31/h1-5,8-9,16-17,24H,6-7,10-15,18,20-23H2. The first-order chi connectivity index (χ1) is 21.8. The number of nitriles is 1. The van der Waals surface area contributed by atoms with Crippen molar-refractivity contribution in [2.24, 2.45) is 10.8 Å². The summed E-state index contributed by atoms with van der Waals surface area (Å²) in [5.41, 5.74) is 2.85. The highest BCUT2D eigenvalue weighted by molar-refractivity contribution is 5.99. The van der Waals surface area contributed by atoms with Crippen molar-refractivity contribution in [3.63, 3.8) is 0 Å². The van der Waals surface area contributed by atoms with Crippen LogP contribution in [0.3, 0.4) is 0 Å². The molecule has 0 N–H and O–H groups in total. The zero-order valence-electron chi connectivity index (χ0n) is 25.4. The summed E-state index contributed by atoms with van der Waals surface area (Å²) in [7, 11) is 0. The van der Waals surface area contributed by atoms with Crippen LogP contribution >= 0.6 is 0 Å². The summed E-state index contributed by atoms with van der Waals surface area (Å²) < 4.78 is 20.3. The van der Waals surface area contributed by atoms with Gasteiger partial charge in [0.15, 0.2) is 5.82 Å². The minimum atomic E-state index is -1.03. The van der Waals surface area contributed by atoms with E-state index in [1.165, 1.54) is 0 Å². The van der Waals surface area contributed by atoms with E-state index < -0.39 is 5.67 Å². The number of carbonyl (C=O) groups is 1. The molecule has 0 unspecified atom stereocenters. The van der Waals surface area contributed by atoms with Crippen LogP contribution in [0, 0.1) is 22.2 Å². The van der Waals surface area contributed by atoms with Crippen LogP contribution in [0.4, 0.5) is 10.1 Å². The smallest absolute Gasteiger partial charge is 0.232 e. The summed E-state index contributed by atoms with van der Waals surface area (Å²) in [6, 6.07) is 18.2. The van der Waals surface area contributed by atoms with Gasteiger partial charge in [-0.15, -0.1) is 0 Å². The number of benzene rings is 2. The molecule has 7 saturated carbocycles. The lowest BCUT2D eigenvalue weighted by molar-refractivity contribution is -0.215. The Hall–Kier alpha value is -4.12. The fraction of sp³-hybridized carbons (Fsp3) is 0.486. The van der Waals surface area contributed by atoms with Gasteiger partial charge in [0.25, 0.3) is 0 Å². The molecule has 8 heteroatoms. The predicted octanol–water partition coefficient (Wildman–Crippen LogP) is 7.94. The monoisotopic (exact) mass is 601 g/mol. The molecule has 4 bridgehead atoms. The molecule has 7 fully saturated rings. The third-order valence-corrected chi connectivity index (χ3v) is 12.0. The van der Waals surface area contributed by atoms with Crippen molar-refractivity contribution in [3.05, 3.63) is 72.0 Å². The molecular formula is C37H36FN5O2. The summed E-state index contributed by atoms with van der Waals surface area (Å²) in [4.78, 5) is 25.6. The third-order valence-electron chi connectivity index (χ3n) is 12.0. The number of aromatic nitrogens is 3. The molecule has 7 nitrogen and oxygen atoms in total. The molecule has 228 valence electrons. The first-order valence-electron chi connectivity index (χ1n) is 16.5. The normalized spacial score (nSPS) is 31.2. The van der Waals surface area contributed by atoms with Gasteiger partial charge in [-0.05, 0) is 117 Å². The lowest BCUT2D eigenvalue weighted by Crippen LogP contribution is -2.65. The van der Waals surface area contributed by atoms with E-state index in [9.17, 15) is 14.4 Å². The van der Waals surface area contributed by atoms with Crippen molar-refractivity contribution in [2.45, 2.75) is 94.1 Å². The molecule has 0 aliphatic heterocycles. The number of hydrogen-bond acceptors (Lipinski definition) is 6. The minimum Gasteiger partial charge on any atom is -0.339 e. The maximum Gasteiger partial charge on any atom is 0.232 e. The van der Waals surface area contributed by atoms with E-state index in [0.717, 1.165) is 85.3 Å². The average Bonchev–Trinajstić information content (AvgIpc) is 3.78. The maximum absolute atomic E-state index is 14.5. The number of carbonyl (C=O) groups excluding carboxylic acids is 1. The molecule has 7 aliphatic rings. The number of fused-ring (bicyclic) bond motifs is 4. The molecule has 2 heterocycles. The molecule has 4 aromatic rings. The highest BCUT2D eigenvalue weighted by Gasteiger charge is 2.69. The number of hydrogen-bond donors (Lipinski definition) is 0. The van der Waals surface area contributed by atoms with Gasteiger partial charge in [0.2, 0.25) is 11.8 Å². The molecule has 11 rings (SSSR count). The van der Waals surface area contributed by atoms with Gasteiger partial charge >= 0.3 is 0 Å². The first-order valence-corrected chi connectivity index (χ1v) is 16.5. The number of anilines is 1. The molecule has 2 aromatic heterocycles. The molecule has 45 heavy (non-hydrogen) atoms. The lowest BCUT2D eigenvalue weighted by atomic mass is 9.41. The minimum absolute atomic E-state index is 0.0263. The molecule has 0 spiro atoms. The lowest BCUT2D eigenvalue weighted by Gasteiger charge is -2.66. The van der Waals surface area contributed by atoms with Gasteiger partial charge in [-0.3, -0.25) is 9.78 Å². The molecule has 0 radical (unpaired) electrons. The van der Waals surface area contributed by atoms with Gasteiger partial charge in [-0.2, -0.15) is 10.2 Å². The number of alkyl halides is 1. The van der Waals surface area contributed by atoms with E-state index in [0.29, 0.717) is 49.2 Å². The van der Waals surface area contributed by atoms with Crippen LogP contribution < -0.4 is 4.90 Å². The summed E-state index contributed by atoms with van der Waals surface area (Å²) >= 11 is 0. The van der Waals surface area contributed by atoms with Crippen molar-refractivity contribution in [1.29, 1.82) is 5.26 Å². The number of amides is 1. The average molecular weight is 602 g/mol. The number of halogens is 1. The first kappa shape index (κ1) is 27.2. The molecule has 0 atom stereocenters. The van der Waals surface area contributed by atoms with E-state index >= 15 is 0 Å². The highest BCUT2D eigenvalue weighted by atomic mass is 19.1. The third kappa shape index (κ3) is 4.34. The van der Waals surface area contributed by atoms with Crippen molar-refractivity contribution in [3.8, 4) is 17.2 Å². The summed E-state index contributed by atoms with van der Waals surface area (Å²) in [6.45, 7) is 0.662. The Labute approximate surface area is 261 Å². The van der Waals surface area contributed by atoms with Gasteiger partial charge in [0.1, 0.15) is 11.7 Å². The number of pyridine rings is 1. The quantitative estimate of drug-likeness (QED) is 0.203. The fourth-order valence-corrected chi connectivity index (χ4v) is 9.26. The summed E-state index contributed by atoms with van der Waals surface area (Å²) in [5.74, 6) is 2.29. The second kappa shape index (κ2) is 9.45. The Morgan fingerprint density at radius 3 is 2.49 bits per heavy atom. The van der Waals surface area contributed by atoms with E-state index in [1.807, 2.05) is 41.3 Å². The molecule has 1 amide bonds. The fourth-order valence-electron chi connectivity index (χ4n) is 9.26. The number of nitrogens with zero attached hydrogens (tertiary/aromatic N) is 5. The SMILES string of the molecule is N#Cc1ccc(-c2cccc(N(CC34CCC(c5nc(C6CC6)no5)(CC3)CC4)C(=O)CC34CC(F)(C3)C4)c2)c2cccnc12. The Bertz CT molecular complexity index is 1860. The maximum atomic E-state index is 14.5. The predicted molar refractivity (Wildman–Crippen MR) is 167 cm³/mol. The zero-order valence-corrected chi connectivity index (χ0v) is 25.4. The van der Waals surface area contributed by atoms with Crippen LogP contribution in [0.25, 0.3) is 22.0 Å². The Kier molecular flexibility index (Phi) is 5.71. The van der Waals surface area contributed by atoms with Crippen LogP contribution in [-0.4, -0.2) is 33.2 Å². The second-order valence-corrected chi connectivity index (χ2v) is 15.1. The van der Waals surface area contributed by atoms with Gasteiger partial charge in [-0.25, -0.2) is 4.39 Å². The van der Waals surface area contributed by atoms with Crippen molar-refractivity contribution in [1.82, 2.24) is 15.1 Å². The van der Waals surface area contributed by atoms with Crippen LogP contribution in [-0.2, 0) is 10.2 Å². The summed E-state index contributed by atoms with van der Waals surface area (Å²) in [6.07, 6.45) is 12.0.